The molecule has 1 aromatic heterocycles. The van der Waals surface area contributed by atoms with Gasteiger partial charge in [-0.1, -0.05) is 30.3 Å². The Morgan fingerprint density at radius 3 is 2.32 bits per heavy atom. The number of carbonyl (C=O) groups excluding carboxylic acids is 1. The molecule has 6 heteroatoms. The molecule has 1 heterocycles. The van der Waals surface area contributed by atoms with Crippen molar-refractivity contribution in [3.8, 4) is 0 Å². The fourth-order valence-corrected chi connectivity index (χ4v) is 1.72. The number of aromatic amines is 1. The molecule has 0 spiro atoms. The minimum Gasteiger partial charge on any atom is -0.398 e. The molecular formula is C13H10F3N2O+. The third-order valence-electron chi connectivity index (χ3n) is 2.58. The average Bonchev–Trinajstić information content (AvgIpc) is 2.37. The smallest absolute Gasteiger partial charge is 0.398 e. The van der Waals surface area contributed by atoms with E-state index in [9.17, 15) is 18.0 Å². The summed E-state index contributed by atoms with van der Waals surface area (Å²) in [5, 5.41) is 0. The SMILES string of the molecule is Nc1cc[nH+]c(C(F)(F)F)c1C(=O)c1ccccc1. The molecule has 0 saturated carbocycles. The van der Waals surface area contributed by atoms with E-state index in [1.165, 1.54) is 18.2 Å². The fourth-order valence-electron chi connectivity index (χ4n) is 1.72. The molecule has 0 saturated heterocycles. The lowest BCUT2D eigenvalue weighted by molar-refractivity contribution is -0.425. The zero-order valence-corrected chi connectivity index (χ0v) is 9.66. The number of carbonyl (C=O) groups is 1. The van der Waals surface area contributed by atoms with Gasteiger partial charge in [0, 0.05) is 11.6 Å². The second-order valence-corrected chi connectivity index (χ2v) is 3.88. The highest BCUT2D eigenvalue weighted by molar-refractivity contribution is 6.12. The summed E-state index contributed by atoms with van der Waals surface area (Å²) in [4.78, 5) is 14.2. The number of aromatic nitrogens is 1. The molecule has 0 aliphatic carbocycles. The van der Waals surface area contributed by atoms with Gasteiger partial charge in [-0.15, -0.1) is 0 Å². The number of H-pyrrole nitrogens is 1. The first kappa shape index (κ1) is 13.1. The van der Waals surface area contributed by atoms with Crippen molar-refractivity contribution in [2.24, 2.45) is 0 Å². The Morgan fingerprint density at radius 2 is 1.74 bits per heavy atom. The van der Waals surface area contributed by atoms with Crippen molar-refractivity contribution in [2.45, 2.75) is 6.18 Å². The molecule has 19 heavy (non-hydrogen) atoms. The summed E-state index contributed by atoms with van der Waals surface area (Å²) in [7, 11) is 0. The largest absolute Gasteiger partial charge is 0.478 e. The molecule has 3 nitrogen and oxygen atoms in total. The minimum atomic E-state index is -4.67. The zero-order chi connectivity index (χ0) is 14.0. The van der Waals surface area contributed by atoms with Gasteiger partial charge in [0.15, 0.2) is 6.20 Å². The lowest BCUT2D eigenvalue weighted by Crippen LogP contribution is -2.27. The first-order valence-corrected chi connectivity index (χ1v) is 5.38. The van der Waals surface area contributed by atoms with Crippen LogP contribution in [0.25, 0.3) is 0 Å². The Balaban J connectivity index is 2.60. The molecule has 3 N–H and O–H groups in total. The average molecular weight is 267 g/mol. The Labute approximate surface area is 106 Å². The zero-order valence-electron chi connectivity index (χ0n) is 9.66. The van der Waals surface area contributed by atoms with E-state index in [2.05, 4.69) is 0 Å². The summed E-state index contributed by atoms with van der Waals surface area (Å²) in [6.45, 7) is 0. The lowest BCUT2D eigenvalue weighted by atomic mass is 10.00. The second kappa shape index (κ2) is 4.72. The van der Waals surface area contributed by atoms with Gasteiger partial charge in [-0.3, -0.25) is 4.79 Å². The summed E-state index contributed by atoms with van der Waals surface area (Å²) >= 11 is 0. The van der Waals surface area contributed by atoms with Crippen LogP contribution in [0.15, 0.2) is 42.6 Å². The Hall–Kier alpha value is -2.37. The normalized spacial score (nSPS) is 11.3. The molecule has 0 aliphatic rings. The van der Waals surface area contributed by atoms with Gasteiger partial charge in [0.05, 0.1) is 5.69 Å². The van der Waals surface area contributed by atoms with E-state index in [1.807, 2.05) is 4.98 Å². The number of nitrogens with two attached hydrogens (primary N) is 1. The Bertz CT molecular complexity index is 609. The third-order valence-corrected chi connectivity index (χ3v) is 2.58. The highest BCUT2D eigenvalue weighted by Crippen LogP contribution is 2.31. The predicted octanol–water partition coefficient (Wildman–Crippen LogP) is 2.33. The quantitative estimate of drug-likeness (QED) is 0.849. The van der Waals surface area contributed by atoms with Gasteiger partial charge >= 0.3 is 6.18 Å². The molecule has 1 aromatic carbocycles. The molecule has 0 radical (unpaired) electrons. The molecule has 0 atom stereocenters. The summed E-state index contributed by atoms with van der Waals surface area (Å²) < 4.78 is 38.6. The molecule has 0 aliphatic heterocycles. The molecule has 2 aromatic rings. The van der Waals surface area contributed by atoms with Crippen molar-refractivity contribution in [3.05, 3.63) is 59.4 Å². The maximum Gasteiger partial charge on any atom is 0.478 e. The van der Waals surface area contributed by atoms with Crippen LogP contribution in [0.2, 0.25) is 0 Å². The van der Waals surface area contributed by atoms with Crippen molar-refractivity contribution in [2.75, 3.05) is 5.73 Å². The first-order chi connectivity index (χ1) is 8.91. The summed E-state index contributed by atoms with van der Waals surface area (Å²) in [5.41, 5.74) is 3.77. The number of benzene rings is 1. The van der Waals surface area contributed by atoms with Crippen molar-refractivity contribution in [3.63, 3.8) is 0 Å². The Morgan fingerprint density at radius 1 is 1.11 bits per heavy atom. The van der Waals surface area contributed by atoms with Crippen LogP contribution in [0.1, 0.15) is 21.6 Å². The van der Waals surface area contributed by atoms with Crippen LogP contribution >= 0.6 is 0 Å². The number of alkyl halides is 3. The van der Waals surface area contributed by atoms with E-state index < -0.39 is 23.2 Å². The van der Waals surface area contributed by atoms with Crippen LogP contribution in [0, 0.1) is 0 Å². The summed E-state index contributed by atoms with van der Waals surface area (Å²) in [6, 6.07) is 8.92. The highest BCUT2D eigenvalue weighted by Gasteiger charge is 2.43. The highest BCUT2D eigenvalue weighted by atomic mass is 19.4. The molecule has 0 fully saturated rings. The topological polar surface area (TPSA) is 57.2 Å². The van der Waals surface area contributed by atoms with E-state index in [4.69, 9.17) is 5.73 Å². The monoisotopic (exact) mass is 267 g/mol. The number of rotatable bonds is 2. The van der Waals surface area contributed by atoms with Crippen molar-refractivity contribution in [1.82, 2.24) is 0 Å². The van der Waals surface area contributed by atoms with Crippen LogP contribution in [0.5, 0.6) is 0 Å². The van der Waals surface area contributed by atoms with Gasteiger partial charge in [-0.05, 0) is 0 Å². The fraction of sp³-hybridized carbons (Fsp3) is 0.0769. The van der Waals surface area contributed by atoms with E-state index in [1.54, 1.807) is 18.2 Å². The number of hydrogen-bond donors (Lipinski definition) is 1. The number of nitrogen functional groups attached to an aromatic ring is 1. The van der Waals surface area contributed by atoms with E-state index in [0.717, 1.165) is 6.20 Å². The molecule has 2 rings (SSSR count). The summed E-state index contributed by atoms with van der Waals surface area (Å²) in [5.74, 6) is -0.762. The number of hydrogen-bond acceptors (Lipinski definition) is 2. The summed E-state index contributed by atoms with van der Waals surface area (Å²) in [6.07, 6.45) is -3.62. The van der Waals surface area contributed by atoms with Gasteiger partial charge in [0.25, 0.3) is 5.69 Å². The van der Waals surface area contributed by atoms with Crippen molar-refractivity contribution in [1.29, 1.82) is 0 Å². The van der Waals surface area contributed by atoms with Gasteiger partial charge in [-0.2, -0.15) is 13.2 Å². The second-order valence-electron chi connectivity index (χ2n) is 3.88. The predicted molar refractivity (Wildman–Crippen MR) is 62.3 cm³/mol. The number of ketones is 1. The van der Waals surface area contributed by atoms with Crippen LogP contribution in [-0.2, 0) is 6.18 Å². The molecule has 0 amide bonds. The number of halogens is 3. The van der Waals surface area contributed by atoms with Crippen molar-refractivity contribution >= 4 is 11.5 Å². The Kier molecular flexibility index (Phi) is 3.25. The van der Waals surface area contributed by atoms with Gasteiger partial charge in [-0.25, -0.2) is 4.98 Å². The van der Waals surface area contributed by atoms with Gasteiger partial charge < -0.3 is 5.73 Å². The third kappa shape index (κ3) is 2.57. The standard InChI is InChI=1S/C13H9F3N2O/c14-13(15,16)12-10(9(17)6-7-18-12)11(19)8-4-2-1-3-5-8/h1-7H,(H2,17,18)/p+1. The van der Waals surface area contributed by atoms with E-state index in [0.29, 0.717) is 0 Å². The number of anilines is 1. The van der Waals surface area contributed by atoms with Crippen LogP contribution < -0.4 is 10.7 Å². The van der Waals surface area contributed by atoms with Crippen molar-refractivity contribution < 1.29 is 22.9 Å². The minimum absolute atomic E-state index is 0.152. The van der Waals surface area contributed by atoms with E-state index >= 15 is 0 Å². The maximum absolute atomic E-state index is 12.9. The maximum atomic E-state index is 12.9. The molecule has 0 bridgehead atoms. The van der Waals surface area contributed by atoms with Crippen LogP contribution in [0.4, 0.5) is 18.9 Å². The first-order valence-electron chi connectivity index (χ1n) is 5.38. The van der Waals surface area contributed by atoms with Gasteiger partial charge in [0.1, 0.15) is 5.56 Å². The number of nitrogens with one attached hydrogen (secondary N) is 1. The van der Waals surface area contributed by atoms with E-state index in [-0.39, 0.29) is 11.3 Å². The van der Waals surface area contributed by atoms with Crippen LogP contribution in [-0.4, -0.2) is 5.78 Å². The van der Waals surface area contributed by atoms with Crippen LogP contribution in [0.3, 0.4) is 0 Å². The molecule has 0 unspecified atom stereocenters. The molecule has 98 valence electrons. The number of pyridine rings is 1. The molecular weight excluding hydrogens is 257 g/mol. The lowest BCUT2D eigenvalue weighted by Gasteiger charge is -2.08. The van der Waals surface area contributed by atoms with Gasteiger partial charge in [0.2, 0.25) is 5.78 Å².